The molecule has 10 heavy (non-hydrogen) atoms. The van der Waals surface area contributed by atoms with Crippen molar-refractivity contribution in [3.05, 3.63) is 0 Å². The molecular weight excluding hydrogens is 128 g/mol. The third-order valence-corrected chi connectivity index (χ3v) is 2.53. The van der Waals surface area contributed by atoms with Crippen LogP contribution in [-0.4, -0.2) is 11.6 Å². The average molecular weight is 140 g/mol. The Morgan fingerprint density at radius 3 is 2.00 bits per heavy atom. The van der Waals surface area contributed by atoms with Crippen molar-refractivity contribution in [2.75, 3.05) is 0 Å². The van der Waals surface area contributed by atoms with Crippen molar-refractivity contribution in [1.29, 1.82) is 0 Å². The molecule has 0 aromatic carbocycles. The summed E-state index contributed by atoms with van der Waals surface area (Å²) < 4.78 is 0. The maximum Gasteiger partial charge on any atom is 0.136 e. The molecule has 0 heterocycles. The van der Waals surface area contributed by atoms with Crippen LogP contribution in [0.2, 0.25) is 0 Å². The van der Waals surface area contributed by atoms with Crippen LogP contribution in [0.5, 0.6) is 0 Å². The summed E-state index contributed by atoms with van der Waals surface area (Å²) in [5.41, 5.74) is -0.300. The molecule has 1 aliphatic rings. The van der Waals surface area contributed by atoms with Gasteiger partial charge in [0.15, 0.2) is 0 Å². The molecule has 0 aliphatic heterocycles. The van der Waals surface area contributed by atoms with Crippen LogP contribution in [-0.2, 0) is 9.59 Å². The van der Waals surface area contributed by atoms with Gasteiger partial charge in [-0.2, -0.15) is 0 Å². The van der Waals surface area contributed by atoms with Gasteiger partial charge in [0.25, 0.3) is 0 Å². The molecule has 2 atom stereocenters. The molecule has 0 aromatic heterocycles. The molecule has 1 saturated carbocycles. The summed E-state index contributed by atoms with van der Waals surface area (Å²) in [6.45, 7) is 4.98. The fourth-order valence-corrected chi connectivity index (χ4v) is 1.35. The fourth-order valence-electron chi connectivity index (χ4n) is 1.35. The Bertz CT molecular complexity index is 195. The Morgan fingerprint density at radius 2 is 1.90 bits per heavy atom. The molecule has 0 bridgehead atoms. The summed E-state index contributed by atoms with van der Waals surface area (Å²) in [6.07, 6.45) is 0.762. The second-order valence-electron chi connectivity index (χ2n) is 3.34. The van der Waals surface area contributed by atoms with Crippen LogP contribution in [0.3, 0.4) is 0 Å². The van der Waals surface area contributed by atoms with Gasteiger partial charge < -0.3 is 0 Å². The molecule has 0 aromatic rings. The lowest BCUT2D eigenvalue weighted by Crippen LogP contribution is -2.13. The van der Waals surface area contributed by atoms with E-state index in [1.165, 1.54) is 0 Å². The zero-order chi connectivity index (χ0) is 7.94. The molecule has 2 nitrogen and oxygen atoms in total. The van der Waals surface area contributed by atoms with Gasteiger partial charge in [-0.25, -0.2) is 0 Å². The Kier molecular flexibility index (Phi) is 1.42. The van der Waals surface area contributed by atoms with Gasteiger partial charge in [-0.3, -0.25) is 9.59 Å². The van der Waals surface area contributed by atoms with Crippen LogP contribution in [0.15, 0.2) is 0 Å². The van der Waals surface area contributed by atoms with E-state index in [-0.39, 0.29) is 22.9 Å². The number of ketones is 2. The van der Waals surface area contributed by atoms with E-state index in [9.17, 15) is 9.59 Å². The van der Waals surface area contributed by atoms with E-state index in [0.717, 1.165) is 6.42 Å². The highest BCUT2D eigenvalue weighted by atomic mass is 16.1. The average Bonchev–Trinajstić information content (AvgIpc) is 2.43. The Balaban J connectivity index is 2.65. The maximum atomic E-state index is 10.9. The van der Waals surface area contributed by atoms with Gasteiger partial charge in [-0.1, -0.05) is 6.92 Å². The van der Waals surface area contributed by atoms with Crippen molar-refractivity contribution in [3.63, 3.8) is 0 Å². The van der Waals surface area contributed by atoms with Gasteiger partial charge in [0.1, 0.15) is 11.6 Å². The largest absolute Gasteiger partial charge is 0.300 e. The molecular formula is C8H12O2. The first-order valence-corrected chi connectivity index (χ1v) is 3.50. The van der Waals surface area contributed by atoms with E-state index in [4.69, 9.17) is 0 Å². The van der Waals surface area contributed by atoms with Crippen LogP contribution < -0.4 is 0 Å². The minimum atomic E-state index is -0.300. The van der Waals surface area contributed by atoms with Crippen LogP contribution in [0.1, 0.15) is 27.2 Å². The summed E-state index contributed by atoms with van der Waals surface area (Å²) in [6, 6.07) is 0. The van der Waals surface area contributed by atoms with Crippen molar-refractivity contribution in [2.45, 2.75) is 27.2 Å². The smallest absolute Gasteiger partial charge is 0.136 e. The lowest BCUT2D eigenvalue weighted by Gasteiger charge is -2.01. The predicted molar refractivity (Wildman–Crippen MR) is 37.6 cm³/mol. The van der Waals surface area contributed by atoms with Crippen LogP contribution in [0.25, 0.3) is 0 Å². The van der Waals surface area contributed by atoms with Gasteiger partial charge in [0.05, 0.1) is 0 Å². The SMILES string of the molecule is CC(=O)[C@H]1C[C@]1(C)C(C)=O. The zero-order valence-electron chi connectivity index (χ0n) is 6.60. The molecule has 0 radical (unpaired) electrons. The lowest BCUT2D eigenvalue weighted by molar-refractivity contribution is -0.125. The normalized spacial score (nSPS) is 37.3. The molecule has 56 valence electrons. The van der Waals surface area contributed by atoms with Crippen molar-refractivity contribution >= 4 is 11.6 Å². The predicted octanol–water partition coefficient (Wildman–Crippen LogP) is 1.19. The number of carbonyl (C=O) groups excluding carboxylic acids is 2. The van der Waals surface area contributed by atoms with Crippen molar-refractivity contribution in [3.8, 4) is 0 Å². The van der Waals surface area contributed by atoms with E-state index in [1.807, 2.05) is 6.92 Å². The summed E-state index contributed by atoms with van der Waals surface area (Å²) in [4.78, 5) is 21.7. The topological polar surface area (TPSA) is 34.1 Å². The number of hydrogen-bond acceptors (Lipinski definition) is 2. The molecule has 0 amide bonds. The highest BCUT2D eigenvalue weighted by Gasteiger charge is 2.56. The minimum Gasteiger partial charge on any atom is -0.300 e. The molecule has 1 rings (SSSR count). The third-order valence-electron chi connectivity index (χ3n) is 2.53. The van der Waals surface area contributed by atoms with Crippen molar-refractivity contribution in [2.24, 2.45) is 11.3 Å². The van der Waals surface area contributed by atoms with Crippen LogP contribution >= 0.6 is 0 Å². The molecule has 0 spiro atoms. The summed E-state index contributed by atoms with van der Waals surface area (Å²) in [7, 11) is 0. The van der Waals surface area contributed by atoms with E-state index < -0.39 is 0 Å². The highest BCUT2D eigenvalue weighted by molar-refractivity contribution is 5.95. The number of rotatable bonds is 2. The van der Waals surface area contributed by atoms with Gasteiger partial charge in [-0.15, -0.1) is 0 Å². The maximum absolute atomic E-state index is 10.9. The summed E-state index contributed by atoms with van der Waals surface area (Å²) in [5, 5.41) is 0. The second-order valence-corrected chi connectivity index (χ2v) is 3.34. The molecule has 1 fully saturated rings. The Labute approximate surface area is 60.6 Å². The van der Waals surface area contributed by atoms with Crippen LogP contribution in [0.4, 0.5) is 0 Å². The van der Waals surface area contributed by atoms with Crippen molar-refractivity contribution in [1.82, 2.24) is 0 Å². The molecule has 0 saturated heterocycles. The zero-order valence-corrected chi connectivity index (χ0v) is 6.60. The summed E-state index contributed by atoms with van der Waals surface area (Å²) in [5.74, 6) is 0.315. The Hall–Kier alpha value is -0.660. The van der Waals surface area contributed by atoms with E-state index >= 15 is 0 Å². The summed E-state index contributed by atoms with van der Waals surface area (Å²) >= 11 is 0. The minimum absolute atomic E-state index is 0.0185. The molecule has 0 N–H and O–H groups in total. The van der Waals surface area contributed by atoms with Gasteiger partial charge in [-0.05, 0) is 20.3 Å². The van der Waals surface area contributed by atoms with Gasteiger partial charge in [0, 0.05) is 11.3 Å². The second kappa shape index (κ2) is 1.91. The molecule has 2 heteroatoms. The first-order valence-electron chi connectivity index (χ1n) is 3.50. The monoisotopic (exact) mass is 140 g/mol. The van der Waals surface area contributed by atoms with E-state index in [2.05, 4.69) is 0 Å². The highest BCUT2D eigenvalue weighted by Crippen LogP contribution is 2.53. The number of hydrogen-bond donors (Lipinski definition) is 0. The molecule has 1 aliphatic carbocycles. The number of Topliss-reactive ketones (excluding diaryl/α,β-unsaturated/α-hetero) is 2. The lowest BCUT2D eigenvalue weighted by atomic mass is 10.0. The Morgan fingerprint density at radius 1 is 1.40 bits per heavy atom. The molecule has 0 unspecified atom stereocenters. The quantitative estimate of drug-likeness (QED) is 0.577. The first kappa shape index (κ1) is 7.45. The van der Waals surface area contributed by atoms with E-state index in [1.54, 1.807) is 13.8 Å². The van der Waals surface area contributed by atoms with Crippen LogP contribution in [0, 0.1) is 11.3 Å². The standard InChI is InChI=1S/C8H12O2/c1-5(9)7-4-8(7,3)6(2)10/h7H,4H2,1-3H3/t7-,8-/m1/s1. The van der Waals surface area contributed by atoms with E-state index in [0.29, 0.717) is 0 Å². The fraction of sp³-hybridized carbons (Fsp3) is 0.750. The van der Waals surface area contributed by atoms with Gasteiger partial charge >= 0.3 is 0 Å². The van der Waals surface area contributed by atoms with Gasteiger partial charge in [0.2, 0.25) is 0 Å². The first-order chi connectivity index (χ1) is 4.48. The van der Waals surface area contributed by atoms with Crippen molar-refractivity contribution < 1.29 is 9.59 Å². The number of carbonyl (C=O) groups is 2. The third kappa shape index (κ3) is 0.877.